The summed E-state index contributed by atoms with van der Waals surface area (Å²) in [6.45, 7) is 5.87. The smallest absolute Gasteiger partial charge is 0.330 e. The molecule has 0 amide bonds. The molecule has 0 rings (SSSR count). The van der Waals surface area contributed by atoms with Gasteiger partial charge in [0.1, 0.15) is 6.61 Å². The molecule has 0 aromatic carbocycles. The molecule has 1 unspecified atom stereocenters. The Labute approximate surface area is 83.3 Å². The van der Waals surface area contributed by atoms with Crippen LogP contribution in [0.2, 0.25) is 0 Å². The average Bonchev–Trinajstić information content (AvgIpc) is 2.17. The summed E-state index contributed by atoms with van der Waals surface area (Å²) in [6.07, 6.45) is 0.157. The normalized spacial score (nSPS) is 12.1. The number of esters is 1. The molecule has 0 saturated heterocycles. The zero-order valence-corrected chi connectivity index (χ0v) is 8.27. The van der Waals surface area contributed by atoms with Crippen molar-refractivity contribution in [1.29, 1.82) is 0 Å². The van der Waals surface area contributed by atoms with Crippen LogP contribution in [-0.4, -0.2) is 43.8 Å². The molecule has 0 aliphatic rings. The van der Waals surface area contributed by atoms with Crippen molar-refractivity contribution < 1.29 is 24.1 Å². The number of carbonyl (C=O) groups is 1. The van der Waals surface area contributed by atoms with Crippen molar-refractivity contribution in [3.63, 3.8) is 0 Å². The van der Waals surface area contributed by atoms with Gasteiger partial charge in [0.15, 0.2) is 6.29 Å². The maximum Gasteiger partial charge on any atom is 0.330 e. The van der Waals surface area contributed by atoms with Crippen molar-refractivity contribution in [3.8, 4) is 0 Å². The third-order valence-electron chi connectivity index (χ3n) is 1.26. The molecule has 0 saturated carbocycles. The number of carbonyl (C=O) groups excluding carboxylic acids is 1. The van der Waals surface area contributed by atoms with Crippen molar-refractivity contribution in [1.82, 2.24) is 0 Å². The molecular weight excluding hydrogens is 188 g/mol. The molecule has 0 bridgehead atoms. The molecule has 1 N–H and O–H groups in total. The van der Waals surface area contributed by atoms with Crippen molar-refractivity contribution >= 4 is 5.97 Å². The number of aliphatic hydroxyl groups is 1. The van der Waals surface area contributed by atoms with Crippen LogP contribution in [-0.2, 0) is 19.0 Å². The highest BCUT2D eigenvalue weighted by Crippen LogP contribution is 1.88. The number of hydrogen-bond acceptors (Lipinski definition) is 5. The largest absolute Gasteiger partial charge is 0.460 e. The molecule has 0 spiro atoms. The number of ether oxygens (including phenoxy) is 3. The fourth-order valence-corrected chi connectivity index (χ4v) is 0.685. The third kappa shape index (κ3) is 7.72. The number of aliphatic hydroxyl groups excluding tert-OH is 1. The van der Waals surface area contributed by atoms with Crippen molar-refractivity contribution in [2.24, 2.45) is 0 Å². The summed E-state index contributed by atoms with van der Waals surface area (Å²) in [5, 5.41) is 9.03. The molecule has 14 heavy (non-hydrogen) atoms. The average molecular weight is 204 g/mol. The highest BCUT2D eigenvalue weighted by atomic mass is 16.6. The second-order valence-corrected chi connectivity index (χ2v) is 2.36. The lowest BCUT2D eigenvalue weighted by atomic mass is 10.6. The quantitative estimate of drug-likeness (QED) is 0.263. The Kier molecular flexibility index (Phi) is 8.11. The lowest BCUT2D eigenvalue weighted by molar-refractivity contribution is -0.146. The van der Waals surface area contributed by atoms with Gasteiger partial charge in [-0.15, -0.1) is 0 Å². The van der Waals surface area contributed by atoms with E-state index in [1.54, 1.807) is 6.92 Å². The molecule has 0 aliphatic heterocycles. The van der Waals surface area contributed by atoms with Gasteiger partial charge in [-0.25, -0.2) is 4.79 Å². The van der Waals surface area contributed by atoms with Crippen molar-refractivity contribution in [2.75, 3.05) is 26.4 Å². The van der Waals surface area contributed by atoms with Gasteiger partial charge in [-0.1, -0.05) is 6.58 Å². The summed E-state index contributed by atoms with van der Waals surface area (Å²) in [4.78, 5) is 10.5. The van der Waals surface area contributed by atoms with E-state index in [4.69, 9.17) is 14.6 Å². The molecule has 0 aromatic rings. The molecule has 0 aromatic heterocycles. The van der Waals surface area contributed by atoms with E-state index in [0.29, 0.717) is 6.61 Å². The maximum atomic E-state index is 10.5. The molecule has 0 aliphatic carbocycles. The van der Waals surface area contributed by atoms with Gasteiger partial charge < -0.3 is 19.3 Å². The van der Waals surface area contributed by atoms with E-state index in [1.165, 1.54) is 0 Å². The van der Waals surface area contributed by atoms with E-state index in [2.05, 4.69) is 11.3 Å². The van der Waals surface area contributed by atoms with Crippen LogP contribution < -0.4 is 0 Å². The second-order valence-electron chi connectivity index (χ2n) is 2.36. The van der Waals surface area contributed by atoms with Gasteiger partial charge in [0.2, 0.25) is 0 Å². The van der Waals surface area contributed by atoms with Crippen LogP contribution in [0.15, 0.2) is 12.7 Å². The highest BCUT2D eigenvalue weighted by Gasteiger charge is 2.02. The van der Waals surface area contributed by atoms with Crippen LogP contribution >= 0.6 is 0 Å². The Morgan fingerprint density at radius 1 is 1.57 bits per heavy atom. The van der Waals surface area contributed by atoms with Crippen LogP contribution in [0.5, 0.6) is 0 Å². The molecule has 82 valence electrons. The molecule has 0 radical (unpaired) electrons. The minimum atomic E-state index is -0.921. The van der Waals surface area contributed by atoms with E-state index in [9.17, 15) is 4.79 Å². The van der Waals surface area contributed by atoms with Crippen LogP contribution in [0.1, 0.15) is 6.92 Å². The highest BCUT2D eigenvalue weighted by molar-refractivity contribution is 5.81. The van der Waals surface area contributed by atoms with Crippen LogP contribution in [0.4, 0.5) is 0 Å². The van der Waals surface area contributed by atoms with Gasteiger partial charge in [-0.3, -0.25) is 0 Å². The van der Waals surface area contributed by atoms with Gasteiger partial charge >= 0.3 is 5.97 Å². The van der Waals surface area contributed by atoms with Crippen molar-refractivity contribution in [2.45, 2.75) is 13.2 Å². The Balaban J connectivity index is 3.20. The second kappa shape index (κ2) is 8.68. The fraction of sp³-hybridized carbons (Fsp3) is 0.667. The number of rotatable bonds is 8. The first-order valence-electron chi connectivity index (χ1n) is 4.37. The molecule has 0 fully saturated rings. The molecule has 0 heterocycles. The van der Waals surface area contributed by atoms with Crippen LogP contribution in [0.25, 0.3) is 0 Å². The van der Waals surface area contributed by atoms with Gasteiger partial charge in [0, 0.05) is 12.7 Å². The van der Waals surface area contributed by atoms with Gasteiger partial charge in [-0.2, -0.15) is 0 Å². The van der Waals surface area contributed by atoms with E-state index >= 15 is 0 Å². The summed E-state index contributed by atoms with van der Waals surface area (Å²) in [6, 6.07) is 0. The summed E-state index contributed by atoms with van der Waals surface area (Å²) in [5.41, 5.74) is 0. The topological polar surface area (TPSA) is 65.0 Å². The molecular formula is C9H16O5. The maximum absolute atomic E-state index is 10.5. The van der Waals surface area contributed by atoms with E-state index < -0.39 is 12.3 Å². The standard InChI is InChI=1S/C9H16O5/c1-3-8(10)14-6-5-12-7-9(11)13-4-2/h3,9,11H,1,4-7H2,2H3. The Morgan fingerprint density at radius 3 is 2.86 bits per heavy atom. The first-order valence-corrected chi connectivity index (χ1v) is 4.37. The van der Waals surface area contributed by atoms with Crippen molar-refractivity contribution in [3.05, 3.63) is 12.7 Å². The summed E-state index contributed by atoms with van der Waals surface area (Å²) >= 11 is 0. The van der Waals surface area contributed by atoms with E-state index in [-0.39, 0.29) is 19.8 Å². The monoisotopic (exact) mass is 204 g/mol. The Morgan fingerprint density at radius 2 is 2.29 bits per heavy atom. The SMILES string of the molecule is C=CC(=O)OCCOCC(O)OCC. The predicted molar refractivity (Wildman–Crippen MR) is 49.6 cm³/mol. The van der Waals surface area contributed by atoms with Crippen LogP contribution in [0.3, 0.4) is 0 Å². The first kappa shape index (κ1) is 13.1. The summed E-state index contributed by atoms with van der Waals surface area (Å²) in [5.74, 6) is -0.487. The molecule has 5 nitrogen and oxygen atoms in total. The van der Waals surface area contributed by atoms with E-state index in [1.807, 2.05) is 0 Å². The molecule has 5 heteroatoms. The minimum absolute atomic E-state index is 0.0689. The summed E-state index contributed by atoms with van der Waals surface area (Å²) in [7, 11) is 0. The van der Waals surface area contributed by atoms with Gasteiger partial charge in [0.25, 0.3) is 0 Å². The zero-order chi connectivity index (χ0) is 10.8. The lowest BCUT2D eigenvalue weighted by Crippen LogP contribution is -2.20. The number of hydrogen-bond donors (Lipinski definition) is 1. The zero-order valence-electron chi connectivity index (χ0n) is 8.27. The fourth-order valence-electron chi connectivity index (χ4n) is 0.685. The minimum Gasteiger partial charge on any atom is -0.460 e. The van der Waals surface area contributed by atoms with Crippen LogP contribution in [0, 0.1) is 0 Å². The third-order valence-corrected chi connectivity index (χ3v) is 1.26. The summed E-state index contributed by atoms with van der Waals surface area (Å²) < 4.78 is 14.4. The first-order chi connectivity index (χ1) is 6.70. The Bertz CT molecular complexity index is 169. The Hall–Kier alpha value is -0.910. The molecule has 1 atom stereocenters. The predicted octanol–water partition coefficient (Wildman–Crippen LogP) is 0.0871. The van der Waals surface area contributed by atoms with Gasteiger partial charge in [-0.05, 0) is 6.92 Å². The van der Waals surface area contributed by atoms with E-state index in [0.717, 1.165) is 6.08 Å². The lowest BCUT2D eigenvalue weighted by Gasteiger charge is -2.10. The van der Waals surface area contributed by atoms with Gasteiger partial charge in [0.05, 0.1) is 13.2 Å².